The molecule has 1 aliphatic carbocycles. The van der Waals surface area contributed by atoms with Gasteiger partial charge in [-0.05, 0) is 42.5 Å². The highest BCUT2D eigenvalue weighted by molar-refractivity contribution is 7.89. The summed E-state index contributed by atoms with van der Waals surface area (Å²) in [6.45, 7) is 0.253. The molecule has 3 N–H and O–H groups in total. The zero-order chi connectivity index (χ0) is 15.2. The number of rotatable bonds is 5. The van der Waals surface area contributed by atoms with Crippen molar-refractivity contribution in [1.82, 2.24) is 4.72 Å². The van der Waals surface area contributed by atoms with Crippen LogP contribution in [0.1, 0.15) is 18.4 Å². The van der Waals surface area contributed by atoms with Crippen molar-refractivity contribution in [3.63, 3.8) is 0 Å². The first-order valence-electron chi connectivity index (χ1n) is 7.03. The molecule has 1 fully saturated rings. The Labute approximate surface area is 124 Å². The molecule has 1 atom stereocenters. The Balaban J connectivity index is 1.77. The van der Waals surface area contributed by atoms with Gasteiger partial charge in [-0.2, -0.15) is 0 Å². The van der Waals surface area contributed by atoms with Crippen LogP contribution in [0.4, 0.5) is 5.69 Å². The molecule has 1 aromatic rings. The van der Waals surface area contributed by atoms with Gasteiger partial charge in [-0.3, -0.25) is 4.79 Å². The van der Waals surface area contributed by atoms with Gasteiger partial charge in [0.1, 0.15) is 0 Å². The monoisotopic (exact) mass is 309 g/mol. The molecule has 1 amide bonds. The summed E-state index contributed by atoms with van der Waals surface area (Å²) in [5.74, 6) is 0.419. The second kappa shape index (κ2) is 5.08. The fourth-order valence-electron chi connectivity index (χ4n) is 2.59. The Morgan fingerprint density at radius 2 is 2.14 bits per heavy atom. The number of carbonyl (C=O) groups excluding carboxylic acids is 1. The van der Waals surface area contributed by atoms with Gasteiger partial charge in [0.05, 0.1) is 11.3 Å². The lowest BCUT2D eigenvalue weighted by Gasteiger charge is -2.13. The van der Waals surface area contributed by atoms with Crippen molar-refractivity contribution in [2.24, 2.45) is 11.7 Å². The van der Waals surface area contributed by atoms with Crippen molar-refractivity contribution in [3.8, 4) is 0 Å². The SMILES string of the molecule is CN1C(=O)Cc2cc(S(=O)(=O)NCC(N)C3CC3)ccc21. The number of fused-ring (bicyclic) bond motifs is 1. The standard InChI is InChI=1S/C14H19N3O3S/c1-17-13-5-4-11(6-10(13)7-14(17)18)21(19,20)16-8-12(15)9-2-3-9/h4-6,9,12,16H,2-3,7-8,15H2,1H3. The smallest absolute Gasteiger partial charge is 0.240 e. The van der Waals surface area contributed by atoms with E-state index in [0.717, 1.165) is 24.1 Å². The molecule has 114 valence electrons. The zero-order valence-electron chi connectivity index (χ0n) is 11.9. The van der Waals surface area contributed by atoms with Crippen LogP contribution in [0.25, 0.3) is 0 Å². The molecule has 1 unspecified atom stereocenters. The fraction of sp³-hybridized carbons (Fsp3) is 0.500. The Morgan fingerprint density at radius 1 is 1.43 bits per heavy atom. The third kappa shape index (κ3) is 2.81. The number of nitrogens with one attached hydrogen (secondary N) is 1. The van der Waals surface area contributed by atoms with E-state index in [-0.39, 0.29) is 29.8 Å². The molecule has 0 saturated heterocycles. The van der Waals surface area contributed by atoms with Crippen molar-refractivity contribution in [1.29, 1.82) is 0 Å². The van der Waals surface area contributed by atoms with Gasteiger partial charge >= 0.3 is 0 Å². The molecule has 0 radical (unpaired) electrons. The molecule has 1 aliphatic heterocycles. The number of nitrogens with two attached hydrogens (primary N) is 1. The van der Waals surface area contributed by atoms with E-state index < -0.39 is 10.0 Å². The number of anilines is 1. The summed E-state index contributed by atoms with van der Waals surface area (Å²) in [6, 6.07) is 4.65. The van der Waals surface area contributed by atoms with Gasteiger partial charge in [-0.1, -0.05) is 0 Å². The number of benzene rings is 1. The van der Waals surface area contributed by atoms with Crippen molar-refractivity contribution >= 4 is 21.6 Å². The lowest BCUT2D eigenvalue weighted by atomic mass is 10.2. The average molecular weight is 309 g/mol. The number of amides is 1. The van der Waals surface area contributed by atoms with Crippen molar-refractivity contribution in [3.05, 3.63) is 23.8 Å². The van der Waals surface area contributed by atoms with Gasteiger partial charge in [0, 0.05) is 25.3 Å². The van der Waals surface area contributed by atoms with E-state index >= 15 is 0 Å². The molecule has 0 aromatic heterocycles. The van der Waals surface area contributed by atoms with E-state index in [0.29, 0.717) is 5.92 Å². The molecule has 7 heteroatoms. The van der Waals surface area contributed by atoms with Crippen LogP contribution in [-0.4, -0.2) is 34.0 Å². The van der Waals surface area contributed by atoms with E-state index in [4.69, 9.17) is 5.73 Å². The third-order valence-electron chi connectivity index (χ3n) is 4.17. The first-order valence-corrected chi connectivity index (χ1v) is 8.51. The molecule has 1 heterocycles. The summed E-state index contributed by atoms with van der Waals surface area (Å²) in [5.41, 5.74) is 7.43. The number of sulfonamides is 1. The summed E-state index contributed by atoms with van der Waals surface area (Å²) in [4.78, 5) is 13.4. The second-order valence-electron chi connectivity index (χ2n) is 5.77. The summed E-state index contributed by atoms with van der Waals surface area (Å²) >= 11 is 0. The number of carbonyl (C=O) groups is 1. The predicted octanol–water partition coefficient (Wildman–Crippen LogP) is 0.221. The Kier molecular flexibility index (Phi) is 3.51. The van der Waals surface area contributed by atoms with Crippen LogP contribution in [0, 0.1) is 5.92 Å². The first kappa shape index (κ1) is 14.5. The van der Waals surface area contributed by atoms with Crippen LogP contribution in [-0.2, 0) is 21.2 Å². The van der Waals surface area contributed by atoms with Crippen LogP contribution in [0.3, 0.4) is 0 Å². The lowest BCUT2D eigenvalue weighted by Crippen LogP contribution is -2.38. The van der Waals surface area contributed by atoms with Gasteiger partial charge in [0.25, 0.3) is 0 Å². The van der Waals surface area contributed by atoms with Crippen LogP contribution in [0.2, 0.25) is 0 Å². The van der Waals surface area contributed by atoms with Crippen molar-refractivity contribution in [2.45, 2.75) is 30.2 Å². The number of hydrogen-bond acceptors (Lipinski definition) is 4. The summed E-state index contributed by atoms with van der Waals surface area (Å²) < 4.78 is 27.1. The summed E-state index contributed by atoms with van der Waals surface area (Å²) in [7, 11) is -1.89. The van der Waals surface area contributed by atoms with Crippen LogP contribution in [0.15, 0.2) is 23.1 Å². The van der Waals surface area contributed by atoms with Gasteiger partial charge in [0.15, 0.2) is 0 Å². The van der Waals surface area contributed by atoms with E-state index in [2.05, 4.69) is 4.72 Å². The molecule has 21 heavy (non-hydrogen) atoms. The molecule has 1 aromatic carbocycles. The Hall–Kier alpha value is -1.44. The maximum absolute atomic E-state index is 12.3. The van der Waals surface area contributed by atoms with E-state index in [1.807, 2.05) is 0 Å². The molecular formula is C14H19N3O3S. The Bertz CT molecular complexity index is 683. The van der Waals surface area contributed by atoms with Gasteiger partial charge in [-0.25, -0.2) is 13.1 Å². The maximum Gasteiger partial charge on any atom is 0.240 e. The molecule has 0 spiro atoms. The van der Waals surface area contributed by atoms with Gasteiger partial charge in [-0.15, -0.1) is 0 Å². The van der Waals surface area contributed by atoms with Gasteiger partial charge < -0.3 is 10.6 Å². The topological polar surface area (TPSA) is 92.5 Å². The molecule has 2 aliphatic rings. The number of likely N-dealkylation sites (N-methyl/N-ethyl adjacent to an activating group) is 1. The maximum atomic E-state index is 12.3. The highest BCUT2D eigenvalue weighted by Gasteiger charge is 2.30. The normalized spacial score (nSPS) is 19.7. The fourth-order valence-corrected chi connectivity index (χ4v) is 3.72. The zero-order valence-corrected chi connectivity index (χ0v) is 12.7. The number of hydrogen-bond donors (Lipinski definition) is 2. The largest absolute Gasteiger partial charge is 0.326 e. The summed E-state index contributed by atoms with van der Waals surface area (Å²) in [6.07, 6.45) is 2.41. The second-order valence-corrected chi connectivity index (χ2v) is 7.54. The highest BCUT2D eigenvalue weighted by Crippen LogP contribution is 2.32. The van der Waals surface area contributed by atoms with Crippen LogP contribution >= 0.6 is 0 Å². The van der Waals surface area contributed by atoms with Crippen molar-refractivity contribution in [2.75, 3.05) is 18.5 Å². The first-order chi connectivity index (χ1) is 9.88. The lowest BCUT2D eigenvalue weighted by molar-refractivity contribution is -0.117. The molecule has 6 nitrogen and oxygen atoms in total. The minimum absolute atomic E-state index is 0.0248. The Morgan fingerprint density at radius 3 is 2.81 bits per heavy atom. The summed E-state index contributed by atoms with van der Waals surface area (Å²) in [5, 5.41) is 0. The van der Waals surface area contributed by atoms with Crippen LogP contribution < -0.4 is 15.4 Å². The quantitative estimate of drug-likeness (QED) is 0.814. The van der Waals surface area contributed by atoms with Crippen LogP contribution in [0.5, 0.6) is 0 Å². The third-order valence-corrected chi connectivity index (χ3v) is 5.60. The van der Waals surface area contributed by atoms with E-state index in [1.165, 1.54) is 6.07 Å². The van der Waals surface area contributed by atoms with Crippen molar-refractivity contribution < 1.29 is 13.2 Å². The minimum atomic E-state index is -3.58. The van der Waals surface area contributed by atoms with E-state index in [1.54, 1.807) is 24.1 Å². The predicted molar refractivity (Wildman–Crippen MR) is 79.4 cm³/mol. The minimum Gasteiger partial charge on any atom is -0.326 e. The number of nitrogens with zero attached hydrogens (tertiary/aromatic N) is 1. The highest BCUT2D eigenvalue weighted by atomic mass is 32.2. The average Bonchev–Trinajstić information content (AvgIpc) is 3.24. The molecular weight excluding hydrogens is 290 g/mol. The molecule has 3 rings (SSSR count). The molecule has 1 saturated carbocycles. The molecule has 0 bridgehead atoms. The van der Waals surface area contributed by atoms with Gasteiger partial charge in [0.2, 0.25) is 15.9 Å². The van der Waals surface area contributed by atoms with E-state index in [9.17, 15) is 13.2 Å².